The smallest absolute Gasteiger partial charge is 0.338 e. The average molecular weight is 492 g/mol. The lowest BCUT2D eigenvalue weighted by Crippen LogP contribution is -2.27. The van der Waals surface area contributed by atoms with E-state index in [4.69, 9.17) is 19.9 Å². The van der Waals surface area contributed by atoms with E-state index in [1.807, 2.05) is 6.07 Å². The molecule has 0 saturated heterocycles. The molecule has 2 amide bonds. The number of carbonyl (C=O) groups is 3. The van der Waals surface area contributed by atoms with E-state index in [-0.39, 0.29) is 22.8 Å². The first-order valence-corrected chi connectivity index (χ1v) is 10.6. The molecule has 0 fully saturated rings. The largest absolute Gasteiger partial charge is 0.497 e. The fraction of sp³-hybridized carbons (Fsp3) is 0.200. The highest BCUT2D eigenvalue weighted by Crippen LogP contribution is 2.41. The number of hydrogen-bond donors (Lipinski definition) is 3. The zero-order chi connectivity index (χ0) is 26.2. The summed E-state index contributed by atoms with van der Waals surface area (Å²) in [4.78, 5) is 37.2. The third-order valence-corrected chi connectivity index (χ3v) is 5.24. The van der Waals surface area contributed by atoms with Crippen LogP contribution in [0, 0.1) is 11.3 Å². The second kappa shape index (κ2) is 11.4. The van der Waals surface area contributed by atoms with Crippen molar-refractivity contribution >= 4 is 29.3 Å². The molecular formula is C25H24N4O7. The number of rotatable bonds is 7. The van der Waals surface area contributed by atoms with E-state index < -0.39 is 30.3 Å². The Kier molecular flexibility index (Phi) is 8.14. The molecule has 11 heteroatoms. The highest BCUT2D eigenvalue weighted by Gasteiger charge is 2.38. The topological polar surface area (TPSA) is 162 Å². The maximum atomic E-state index is 12.7. The van der Waals surface area contributed by atoms with Gasteiger partial charge in [-0.25, -0.2) is 9.59 Å². The number of nitrogens with zero attached hydrogens (tertiary/aromatic N) is 1. The van der Waals surface area contributed by atoms with Crippen molar-refractivity contribution in [2.45, 2.75) is 12.3 Å². The number of amides is 2. The molecule has 3 rings (SSSR count). The Morgan fingerprint density at radius 2 is 1.69 bits per heavy atom. The van der Waals surface area contributed by atoms with Crippen molar-refractivity contribution in [1.82, 2.24) is 0 Å². The number of nitrogens with two attached hydrogens (primary N) is 1. The zero-order valence-electron chi connectivity index (χ0n) is 19.8. The highest BCUT2D eigenvalue weighted by atomic mass is 16.5. The molecule has 36 heavy (non-hydrogen) atoms. The summed E-state index contributed by atoms with van der Waals surface area (Å²) >= 11 is 0. The number of ether oxygens (including phenoxy) is 4. The Bertz CT molecular complexity index is 1290. The van der Waals surface area contributed by atoms with Crippen molar-refractivity contribution < 1.29 is 33.3 Å². The molecule has 0 saturated carbocycles. The standard InChI is InChI=1S/C25H24N4O7/c1-33-17-9-5-8-16(11-17)29-25(32)28-15-7-4-6-14(10-15)21-18(13-26)23(27)36-19(12-20(30)34-2)22(21)24(31)35-3/h4-11,21H,12,27H2,1-3H3,(H2,28,29,32). The van der Waals surface area contributed by atoms with Gasteiger partial charge in [0.05, 0.1) is 32.8 Å². The van der Waals surface area contributed by atoms with Crippen LogP contribution in [0.1, 0.15) is 17.9 Å². The number of allylic oxidation sites excluding steroid dienone is 1. The number of methoxy groups -OCH3 is 3. The SMILES string of the molecule is COC(=O)CC1=C(C(=O)OC)C(c2cccc(NC(=O)Nc3cccc(OC)c3)c2)C(C#N)=C(N)O1. The number of esters is 2. The van der Waals surface area contributed by atoms with Crippen LogP contribution in [0.15, 0.2) is 71.3 Å². The average Bonchev–Trinajstić information content (AvgIpc) is 2.87. The molecule has 2 aromatic rings. The highest BCUT2D eigenvalue weighted by molar-refractivity contribution is 6.00. The zero-order valence-corrected chi connectivity index (χ0v) is 19.8. The van der Waals surface area contributed by atoms with Gasteiger partial charge in [0.15, 0.2) is 0 Å². The van der Waals surface area contributed by atoms with Gasteiger partial charge in [-0.2, -0.15) is 5.26 Å². The van der Waals surface area contributed by atoms with E-state index in [9.17, 15) is 19.6 Å². The molecule has 11 nitrogen and oxygen atoms in total. The fourth-order valence-corrected chi connectivity index (χ4v) is 3.61. The first-order chi connectivity index (χ1) is 17.3. The second-order valence-corrected chi connectivity index (χ2v) is 7.44. The number of benzene rings is 2. The molecular weight excluding hydrogens is 468 g/mol. The van der Waals surface area contributed by atoms with Crippen LogP contribution < -0.4 is 21.1 Å². The molecule has 0 aromatic heterocycles. The maximum absolute atomic E-state index is 12.7. The minimum absolute atomic E-state index is 0.0537. The van der Waals surface area contributed by atoms with E-state index in [1.165, 1.54) is 14.2 Å². The van der Waals surface area contributed by atoms with Gasteiger partial charge < -0.3 is 35.3 Å². The minimum Gasteiger partial charge on any atom is -0.497 e. The summed E-state index contributed by atoms with van der Waals surface area (Å²) in [5, 5.41) is 15.2. The quantitative estimate of drug-likeness (QED) is 0.493. The second-order valence-electron chi connectivity index (χ2n) is 7.44. The third-order valence-electron chi connectivity index (χ3n) is 5.24. The third kappa shape index (κ3) is 5.74. The summed E-state index contributed by atoms with van der Waals surface area (Å²) < 4.78 is 20.2. The molecule has 1 atom stereocenters. The van der Waals surface area contributed by atoms with Gasteiger partial charge in [0.1, 0.15) is 29.6 Å². The van der Waals surface area contributed by atoms with E-state index >= 15 is 0 Å². The van der Waals surface area contributed by atoms with Gasteiger partial charge in [-0.3, -0.25) is 4.79 Å². The van der Waals surface area contributed by atoms with Gasteiger partial charge >= 0.3 is 18.0 Å². The van der Waals surface area contributed by atoms with Crippen LogP contribution in [0.2, 0.25) is 0 Å². The summed E-state index contributed by atoms with van der Waals surface area (Å²) in [6.07, 6.45) is -0.405. The lowest BCUT2D eigenvalue weighted by molar-refractivity contribution is -0.140. The lowest BCUT2D eigenvalue weighted by Gasteiger charge is -2.27. The first-order valence-electron chi connectivity index (χ1n) is 10.6. The molecule has 0 radical (unpaired) electrons. The Labute approximate surface area is 207 Å². The Hall–Kier alpha value is -4.98. The van der Waals surface area contributed by atoms with Crippen molar-refractivity contribution in [2.24, 2.45) is 5.73 Å². The van der Waals surface area contributed by atoms with Crippen molar-refractivity contribution in [3.05, 3.63) is 76.9 Å². The van der Waals surface area contributed by atoms with Crippen molar-refractivity contribution in [3.8, 4) is 11.8 Å². The van der Waals surface area contributed by atoms with Crippen LogP contribution in [0.3, 0.4) is 0 Å². The summed E-state index contributed by atoms with van der Waals surface area (Å²) in [5.41, 5.74) is 7.14. The number of nitriles is 1. The van der Waals surface area contributed by atoms with Gasteiger partial charge in [-0.05, 0) is 29.8 Å². The number of hydrogen-bond acceptors (Lipinski definition) is 9. The number of anilines is 2. The number of urea groups is 1. The van der Waals surface area contributed by atoms with Crippen LogP contribution in [-0.4, -0.2) is 39.3 Å². The van der Waals surface area contributed by atoms with Gasteiger partial charge in [-0.1, -0.05) is 18.2 Å². The van der Waals surface area contributed by atoms with Crippen molar-refractivity contribution in [3.63, 3.8) is 0 Å². The maximum Gasteiger partial charge on any atom is 0.338 e. The van der Waals surface area contributed by atoms with Crippen LogP contribution in [0.25, 0.3) is 0 Å². The van der Waals surface area contributed by atoms with Gasteiger partial charge in [0.25, 0.3) is 0 Å². The molecule has 4 N–H and O–H groups in total. The normalized spacial score (nSPS) is 14.8. The van der Waals surface area contributed by atoms with Crippen molar-refractivity contribution in [1.29, 1.82) is 5.26 Å². The molecule has 1 unspecified atom stereocenters. The van der Waals surface area contributed by atoms with Crippen LogP contribution >= 0.6 is 0 Å². The Balaban J connectivity index is 1.96. The fourth-order valence-electron chi connectivity index (χ4n) is 3.61. The molecule has 0 spiro atoms. The summed E-state index contributed by atoms with van der Waals surface area (Å²) in [5.74, 6) is -2.28. The van der Waals surface area contributed by atoms with Gasteiger partial charge in [0.2, 0.25) is 5.88 Å². The molecule has 1 aliphatic rings. The summed E-state index contributed by atoms with van der Waals surface area (Å²) in [7, 11) is 3.87. The monoisotopic (exact) mass is 492 g/mol. The predicted octanol–water partition coefficient (Wildman–Crippen LogP) is 3.14. The van der Waals surface area contributed by atoms with Crippen molar-refractivity contribution in [2.75, 3.05) is 32.0 Å². The minimum atomic E-state index is -1.01. The Morgan fingerprint density at radius 3 is 2.31 bits per heavy atom. The Morgan fingerprint density at radius 1 is 1.03 bits per heavy atom. The predicted molar refractivity (Wildman–Crippen MR) is 128 cm³/mol. The van der Waals surface area contributed by atoms with E-state index in [1.54, 1.807) is 48.5 Å². The first kappa shape index (κ1) is 25.6. The van der Waals surface area contributed by atoms with Gasteiger partial charge in [-0.15, -0.1) is 0 Å². The van der Waals surface area contributed by atoms with Crippen LogP contribution in [0.4, 0.5) is 16.2 Å². The van der Waals surface area contributed by atoms with E-state index in [0.717, 1.165) is 7.11 Å². The van der Waals surface area contributed by atoms with E-state index in [0.29, 0.717) is 22.7 Å². The molecule has 0 bridgehead atoms. The lowest BCUT2D eigenvalue weighted by atomic mass is 9.82. The molecule has 0 aliphatic carbocycles. The van der Waals surface area contributed by atoms with Gasteiger partial charge in [0, 0.05) is 17.4 Å². The summed E-state index contributed by atoms with van der Waals surface area (Å²) in [6, 6.07) is 14.7. The van der Waals surface area contributed by atoms with Crippen LogP contribution in [-0.2, 0) is 23.8 Å². The molecule has 1 aliphatic heterocycles. The number of nitrogens with one attached hydrogen (secondary N) is 2. The summed E-state index contributed by atoms with van der Waals surface area (Å²) in [6.45, 7) is 0. The molecule has 2 aromatic carbocycles. The van der Waals surface area contributed by atoms with Crippen LogP contribution in [0.5, 0.6) is 5.75 Å². The number of carbonyl (C=O) groups excluding carboxylic acids is 3. The molecule has 1 heterocycles. The molecule has 186 valence electrons. The van der Waals surface area contributed by atoms with E-state index in [2.05, 4.69) is 15.4 Å².